The lowest BCUT2D eigenvalue weighted by molar-refractivity contribution is -0.142. The predicted octanol–water partition coefficient (Wildman–Crippen LogP) is 2.15. The van der Waals surface area contributed by atoms with Crippen LogP contribution in [0.25, 0.3) is 0 Å². The summed E-state index contributed by atoms with van der Waals surface area (Å²) in [5.74, 6) is -1.57. The molecular formula is C11H11F3N2O3. The van der Waals surface area contributed by atoms with Gasteiger partial charge in [0.05, 0.1) is 31.0 Å². The molecule has 19 heavy (non-hydrogen) atoms. The molecule has 0 radical (unpaired) electrons. The highest BCUT2D eigenvalue weighted by atomic mass is 19.4. The molecule has 1 heterocycles. The van der Waals surface area contributed by atoms with Crippen molar-refractivity contribution in [1.82, 2.24) is 4.98 Å². The number of anilines is 1. The van der Waals surface area contributed by atoms with Crippen molar-refractivity contribution in [1.29, 1.82) is 0 Å². The zero-order chi connectivity index (χ0) is 14.5. The summed E-state index contributed by atoms with van der Waals surface area (Å²) in [4.78, 5) is 26.4. The van der Waals surface area contributed by atoms with Gasteiger partial charge in [-0.25, -0.2) is 4.79 Å². The van der Waals surface area contributed by atoms with E-state index in [1.54, 1.807) is 0 Å². The minimum Gasteiger partial charge on any atom is -0.465 e. The molecule has 8 heteroatoms. The molecule has 0 aromatic carbocycles. The Morgan fingerprint density at radius 1 is 1.42 bits per heavy atom. The summed E-state index contributed by atoms with van der Waals surface area (Å²) in [6.45, 7) is 0. The van der Waals surface area contributed by atoms with E-state index in [0.717, 1.165) is 13.3 Å². The number of pyridine rings is 1. The maximum Gasteiger partial charge on any atom is 0.389 e. The number of hydrogen-bond donors (Lipinski definition) is 1. The highest BCUT2D eigenvalue weighted by Gasteiger charge is 2.28. The van der Waals surface area contributed by atoms with Gasteiger partial charge in [-0.15, -0.1) is 0 Å². The molecule has 0 spiro atoms. The number of aromatic nitrogens is 1. The van der Waals surface area contributed by atoms with Crippen molar-refractivity contribution >= 4 is 17.6 Å². The average Bonchev–Trinajstić information content (AvgIpc) is 2.35. The van der Waals surface area contributed by atoms with Crippen LogP contribution in [0, 0.1) is 0 Å². The Balaban J connectivity index is 2.72. The summed E-state index contributed by atoms with van der Waals surface area (Å²) >= 11 is 0. The third-order valence-corrected chi connectivity index (χ3v) is 2.14. The van der Waals surface area contributed by atoms with E-state index in [2.05, 4.69) is 15.0 Å². The third kappa shape index (κ3) is 4.94. The maximum absolute atomic E-state index is 12.0. The first-order valence-electron chi connectivity index (χ1n) is 5.22. The van der Waals surface area contributed by atoms with Crippen LogP contribution >= 0.6 is 0 Å². The summed E-state index contributed by atoms with van der Waals surface area (Å²) in [5, 5.41) is 2.20. The van der Waals surface area contributed by atoms with Gasteiger partial charge in [-0.05, 0) is 6.07 Å². The number of methoxy groups -OCH3 is 1. The van der Waals surface area contributed by atoms with Gasteiger partial charge in [0.25, 0.3) is 0 Å². The molecule has 0 aliphatic heterocycles. The van der Waals surface area contributed by atoms with Gasteiger partial charge in [0.1, 0.15) is 0 Å². The number of carbonyl (C=O) groups is 2. The monoisotopic (exact) mass is 276 g/mol. The normalized spacial score (nSPS) is 10.9. The lowest BCUT2D eigenvalue weighted by Crippen LogP contribution is -2.18. The zero-order valence-electron chi connectivity index (χ0n) is 9.95. The first-order valence-corrected chi connectivity index (χ1v) is 5.22. The van der Waals surface area contributed by atoms with Crippen LogP contribution in [0.1, 0.15) is 23.2 Å². The second kappa shape index (κ2) is 6.17. The van der Waals surface area contributed by atoms with Crippen molar-refractivity contribution in [2.24, 2.45) is 0 Å². The van der Waals surface area contributed by atoms with E-state index < -0.39 is 30.9 Å². The molecule has 0 saturated carbocycles. The molecule has 0 bridgehead atoms. The number of carbonyl (C=O) groups excluding carboxylic acids is 2. The summed E-state index contributed by atoms with van der Waals surface area (Å²) < 4.78 is 40.3. The fourth-order valence-electron chi connectivity index (χ4n) is 1.25. The molecule has 0 fully saturated rings. The van der Waals surface area contributed by atoms with Crippen molar-refractivity contribution < 1.29 is 27.5 Å². The highest BCUT2D eigenvalue weighted by Crippen LogP contribution is 2.22. The predicted molar refractivity (Wildman–Crippen MR) is 59.5 cm³/mol. The molecule has 104 valence electrons. The van der Waals surface area contributed by atoms with Crippen LogP contribution in [0.5, 0.6) is 0 Å². The largest absolute Gasteiger partial charge is 0.465 e. The standard InChI is InChI=1S/C11H11F3N2O3/c1-19-10(18)7-3-5-15-6-8(7)16-9(17)2-4-11(12,13)14/h3,5-6H,2,4H2,1H3,(H,16,17). The number of ether oxygens (including phenoxy) is 1. The molecule has 0 saturated heterocycles. The molecular weight excluding hydrogens is 265 g/mol. The van der Waals surface area contributed by atoms with E-state index >= 15 is 0 Å². The fraction of sp³-hybridized carbons (Fsp3) is 0.364. The number of rotatable bonds is 4. The quantitative estimate of drug-likeness (QED) is 0.855. The van der Waals surface area contributed by atoms with Crippen LogP contribution in [-0.4, -0.2) is 30.1 Å². The van der Waals surface area contributed by atoms with E-state index in [-0.39, 0.29) is 11.3 Å². The lowest BCUT2D eigenvalue weighted by atomic mass is 10.2. The topological polar surface area (TPSA) is 68.3 Å². The third-order valence-electron chi connectivity index (χ3n) is 2.14. The van der Waals surface area contributed by atoms with Gasteiger partial charge in [-0.1, -0.05) is 0 Å². The molecule has 5 nitrogen and oxygen atoms in total. The Hall–Kier alpha value is -2.12. The van der Waals surface area contributed by atoms with Gasteiger partial charge in [-0.3, -0.25) is 9.78 Å². The zero-order valence-corrected chi connectivity index (χ0v) is 9.95. The average molecular weight is 276 g/mol. The van der Waals surface area contributed by atoms with Crippen molar-refractivity contribution in [2.75, 3.05) is 12.4 Å². The molecule has 1 aromatic heterocycles. The Morgan fingerprint density at radius 3 is 2.68 bits per heavy atom. The summed E-state index contributed by atoms with van der Waals surface area (Å²) in [7, 11) is 1.15. The fourth-order valence-corrected chi connectivity index (χ4v) is 1.25. The second-order valence-electron chi connectivity index (χ2n) is 3.58. The van der Waals surface area contributed by atoms with E-state index in [1.165, 1.54) is 12.3 Å². The van der Waals surface area contributed by atoms with Crippen molar-refractivity contribution in [3.8, 4) is 0 Å². The van der Waals surface area contributed by atoms with Gasteiger partial charge in [-0.2, -0.15) is 13.2 Å². The van der Waals surface area contributed by atoms with Gasteiger partial charge >= 0.3 is 12.1 Å². The van der Waals surface area contributed by atoms with Crippen LogP contribution in [-0.2, 0) is 9.53 Å². The first-order chi connectivity index (χ1) is 8.83. The minimum atomic E-state index is -4.41. The van der Waals surface area contributed by atoms with Gasteiger partial charge in [0, 0.05) is 12.6 Å². The van der Waals surface area contributed by atoms with Crippen molar-refractivity contribution in [2.45, 2.75) is 19.0 Å². The number of hydrogen-bond acceptors (Lipinski definition) is 4. The number of nitrogens with one attached hydrogen (secondary N) is 1. The van der Waals surface area contributed by atoms with E-state index in [9.17, 15) is 22.8 Å². The van der Waals surface area contributed by atoms with Crippen LogP contribution in [0.4, 0.5) is 18.9 Å². The highest BCUT2D eigenvalue weighted by molar-refractivity contribution is 6.00. The minimum absolute atomic E-state index is 0.0153. The van der Waals surface area contributed by atoms with E-state index in [0.29, 0.717) is 0 Å². The van der Waals surface area contributed by atoms with Crippen LogP contribution in [0.2, 0.25) is 0 Å². The number of esters is 1. The maximum atomic E-state index is 12.0. The molecule has 1 N–H and O–H groups in total. The van der Waals surface area contributed by atoms with Gasteiger partial charge in [0.15, 0.2) is 0 Å². The number of nitrogens with zero attached hydrogens (tertiary/aromatic N) is 1. The van der Waals surface area contributed by atoms with Crippen LogP contribution in [0.15, 0.2) is 18.5 Å². The van der Waals surface area contributed by atoms with Crippen LogP contribution < -0.4 is 5.32 Å². The first kappa shape index (κ1) is 14.9. The Morgan fingerprint density at radius 2 is 2.11 bits per heavy atom. The Kier molecular flexibility index (Phi) is 4.85. The van der Waals surface area contributed by atoms with E-state index in [4.69, 9.17) is 0 Å². The van der Waals surface area contributed by atoms with Gasteiger partial charge < -0.3 is 10.1 Å². The lowest BCUT2D eigenvalue weighted by Gasteiger charge is -2.09. The number of alkyl halides is 3. The molecule has 1 amide bonds. The van der Waals surface area contributed by atoms with Crippen molar-refractivity contribution in [3.05, 3.63) is 24.0 Å². The van der Waals surface area contributed by atoms with E-state index in [1.807, 2.05) is 0 Å². The molecule has 1 aromatic rings. The molecule has 0 aliphatic carbocycles. The SMILES string of the molecule is COC(=O)c1ccncc1NC(=O)CCC(F)(F)F. The number of halogens is 3. The molecule has 1 rings (SSSR count). The Labute approximate surface area is 106 Å². The molecule has 0 atom stereocenters. The Bertz CT molecular complexity index is 474. The smallest absolute Gasteiger partial charge is 0.389 e. The summed E-state index contributed by atoms with van der Waals surface area (Å²) in [5.41, 5.74) is 0.0411. The van der Waals surface area contributed by atoms with Crippen molar-refractivity contribution in [3.63, 3.8) is 0 Å². The summed E-state index contributed by atoms with van der Waals surface area (Å²) in [6.07, 6.45) is -3.89. The summed E-state index contributed by atoms with van der Waals surface area (Å²) in [6, 6.07) is 1.30. The second-order valence-corrected chi connectivity index (χ2v) is 3.58. The molecule has 0 unspecified atom stereocenters. The number of amides is 1. The molecule has 0 aliphatic rings. The van der Waals surface area contributed by atoms with Gasteiger partial charge in [0.2, 0.25) is 5.91 Å². The van der Waals surface area contributed by atoms with Crippen LogP contribution in [0.3, 0.4) is 0 Å².